The zero-order valence-corrected chi connectivity index (χ0v) is 9.62. The molecule has 1 aromatic rings. The number of anilines is 1. The fourth-order valence-corrected chi connectivity index (χ4v) is 1.41. The molecule has 0 fully saturated rings. The van der Waals surface area contributed by atoms with Crippen LogP contribution in [-0.4, -0.2) is 12.5 Å². The van der Waals surface area contributed by atoms with Crippen LogP contribution < -0.4 is 4.90 Å². The van der Waals surface area contributed by atoms with Crippen LogP contribution in [0.3, 0.4) is 0 Å². The van der Waals surface area contributed by atoms with Gasteiger partial charge in [-0.3, -0.25) is 4.79 Å². The van der Waals surface area contributed by atoms with Crippen LogP contribution in [0.5, 0.6) is 0 Å². The Morgan fingerprint density at radius 1 is 1.43 bits per heavy atom. The summed E-state index contributed by atoms with van der Waals surface area (Å²) in [5.74, 6) is 0.0109. The molecule has 0 aliphatic heterocycles. The van der Waals surface area contributed by atoms with E-state index in [0.29, 0.717) is 6.54 Å². The van der Waals surface area contributed by atoms with E-state index in [-0.39, 0.29) is 5.91 Å². The number of rotatable bonds is 3. The number of para-hydroxylation sites is 1. The van der Waals surface area contributed by atoms with Crippen LogP contribution in [-0.2, 0) is 4.79 Å². The maximum Gasteiger partial charge on any atom is 0.224 e. The number of halogens is 1. The summed E-state index contributed by atoms with van der Waals surface area (Å²) in [7, 11) is 0. The van der Waals surface area contributed by atoms with Crippen LogP contribution >= 0.6 is 15.9 Å². The summed E-state index contributed by atoms with van der Waals surface area (Å²) >= 11 is 3.25. The molecule has 0 aromatic heterocycles. The van der Waals surface area contributed by atoms with E-state index in [1.54, 1.807) is 11.8 Å². The van der Waals surface area contributed by atoms with E-state index in [1.165, 1.54) is 0 Å². The van der Waals surface area contributed by atoms with Crippen LogP contribution in [0.4, 0.5) is 5.69 Å². The number of benzene rings is 1. The smallest absolute Gasteiger partial charge is 0.224 e. The van der Waals surface area contributed by atoms with E-state index < -0.39 is 0 Å². The molecule has 1 rings (SSSR count). The van der Waals surface area contributed by atoms with Crippen molar-refractivity contribution in [1.29, 1.82) is 0 Å². The van der Waals surface area contributed by atoms with Crippen LogP contribution in [0, 0.1) is 0 Å². The van der Waals surface area contributed by atoms with Crippen molar-refractivity contribution < 1.29 is 4.79 Å². The minimum absolute atomic E-state index is 0.0109. The molecule has 0 saturated heterocycles. The SMILES string of the molecule is C=C(Br)CN(C(C)=O)c1ccccc1. The summed E-state index contributed by atoms with van der Waals surface area (Å²) in [4.78, 5) is 13.0. The topological polar surface area (TPSA) is 20.3 Å². The summed E-state index contributed by atoms with van der Waals surface area (Å²) in [5.41, 5.74) is 0.889. The van der Waals surface area contributed by atoms with Crippen molar-refractivity contribution >= 4 is 27.5 Å². The third-order valence-electron chi connectivity index (χ3n) is 1.78. The average Bonchev–Trinajstić information content (AvgIpc) is 2.15. The quantitative estimate of drug-likeness (QED) is 0.812. The van der Waals surface area contributed by atoms with Gasteiger partial charge in [0.15, 0.2) is 0 Å². The molecule has 74 valence electrons. The molecule has 0 atom stereocenters. The van der Waals surface area contributed by atoms with Gasteiger partial charge in [0.2, 0.25) is 5.91 Å². The van der Waals surface area contributed by atoms with Gasteiger partial charge in [0.1, 0.15) is 0 Å². The van der Waals surface area contributed by atoms with Gasteiger partial charge in [-0.05, 0) is 12.1 Å². The second-order valence-electron chi connectivity index (χ2n) is 2.96. The van der Waals surface area contributed by atoms with Crippen LogP contribution in [0.2, 0.25) is 0 Å². The van der Waals surface area contributed by atoms with Crippen molar-refractivity contribution in [3.63, 3.8) is 0 Å². The highest BCUT2D eigenvalue weighted by Gasteiger charge is 2.10. The number of hydrogen-bond acceptors (Lipinski definition) is 1. The van der Waals surface area contributed by atoms with Crippen molar-refractivity contribution in [2.45, 2.75) is 6.92 Å². The number of nitrogens with zero attached hydrogens (tertiary/aromatic N) is 1. The van der Waals surface area contributed by atoms with Crippen LogP contribution in [0.1, 0.15) is 6.92 Å². The van der Waals surface area contributed by atoms with Crippen molar-refractivity contribution in [2.24, 2.45) is 0 Å². The fraction of sp³-hybridized carbons (Fsp3) is 0.182. The van der Waals surface area contributed by atoms with E-state index in [1.807, 2.05) is 30.3 Å². The molecule has 1 amide bonds. The zero-order chi connectivity index (χ0) is 10.6. The van der Waals surface area contributed by atoms with E-state index in [2.05, 4.69) is 22.5 Å². The summed E-state index contributed by atoms with van der Waals surface area (Å²) in [6, 6.07) is 9.53. The normalized spacial score (nSPS) is 9.57. The minimum Gasteiger partial charge on any atom is -0.308 e. The monoisotopic (exact) mass is 253 g/mol. The van der Waals surface area contributed by atoms with Crippen molar-refractivity contribution in [3.05, 3.63) is 41.4 Å². The molecule has 2 nitrogen and oxygen atoms in total. The zero-order valence-electron chi connectivity index (χ0n) is 8.03. The summed E-state index contributed by atoms with van der Waals surface area (Å²) in [6.07, 6.45) is 0. The summed E-state index contributed by atoms with van der Waals surface area (Å²) in [6.45, 7) is 5.77. The fourth-order valence-electron chi connectivity index (χ4n) is 1.16. The molecule has 0 saturated carbocycles. The first kappa shape index (κ1) is 11.0. The lowest BCUT2D eigenvalue weighted by Gasteiger charge is -2.20. The van der Waals surface area contributed by atoms with Crippen molar-refractivity contribution in [3.8, 4) is 0 Å². The van der Waals surface area contributed by atoms with Gasteiger partial charge in [-0.25, -0.2) is 0 Å². The second-order valence-corrected chi connectivity index (χ2v) is 4.08. The van der Waals surface area contributed by atoms with Gasteiger partial charge in [-0.1, -0.05) is 40.7 Å². The Hall–Kier alpha value is -1.09. The van der Waals surface area contributed by atoms with Gasteiger partial charge in [0, 0.05) is 17.1 Å². The molecular formula is C11H12BrNO. The molecule has 0 radical (unpaired) electrons. The highest BCUT2D eigenvalue weighted by molar-refractivity contribution is 9.11. The van der Waals surface area contributed by atoms with Gasteiger partial charge < -0.3 is 4.90 Å². The summed E-state index contributed by atoms with van der Waals surface area (Å²) in [5, 5.41) is 0. The van der Waals surface area contributed by atoms with E-state index in [9.17, 15) is 4.79 Å². The van der Waals surface area contributed by atoms with E-state index >= 15 is 0 Å². The van der Waals surface area contributed by atoms with E-state index in [4.69, 9.17) is 0 Å². The number of amides is 1. The largest absolute Gasteiger partial charge is 0.308 e. The molecule has 0 unspecified atom stereocenters. The average molecular weight is 254 g/mol. The van der Waals surface area contributed by atoms with Crippen LogP contribution in [0.25, 0.3) is 0 Å². The molecule has 0 N–H and O–H groups in total. The third kappa shape index (κ3) is 3.00. The van der Waals surface area contributed by atoms with Gasteiger partial charge in [-0.2, -0.15) is 0 Å². The Balaban J connectivity index is 2.89. The molecule has 14 heavy (non-hydrogen) atoms. The highest BCUT2D eigenvalue weighted by atomic mass is 79.9. The minimum atomic E-state index is 0.0109. The predicted octanol–water partition coefficient (Wildman–Crippen LogP) is 2.95. The Morgan fingerprint density at radius 2 is 2.00 bits per heavy atom. The Labute approximate surface area is 92.4 Å². The van der Waals surface area contributed by atoms with Gasteiger partial charge >= 0.3 is 0 Å². The molecule has 0 bridgehead atoms. The third-order valence-corrected chi connectivity index (χ3v) is 2.03. The Kier molecular flexibility index (Phi) is 3.89. The Bertz CT molecular complexity index is 334. The molecule has 3 heteroatoms. The highest BCUT2D eigenvalue weighted by Crippen LogP contribution is 2.16. The lowest BCUT2D eigenvalue weighted by Crippen LogP contribution is -2.29. The van der Waals surface area contributed by atoms with Gasteiger partial charge in [0.25, 0.3) is 0 Å². The number of hydrogen-bond donors (Lipinski definition) is 0. The molecule has 0 aliphatic rings. The molecule has 0 aliphatic carbocycles. The molecule has 0 spiro atoms. The van der Waals surface area contributed by atoms with Crippen molar-refractivity contribution in [1.82, 2.24) is 0 Å². The van der Waals surface area contributed by atoms with E-state index in [0.717, 1.165) is 10.2 Å². The predicted molar refractivity (Wildman–Crippen MR) is 62.5 cm³/mol. The molecule has 1 aromatic carbocycles. The molecular weight excluding hydrogens is 242 g/mol. The summed E-state index contributed by atoms with van der Waals surface area (Å²) < 4.78 is 0.788. The van der Waals surface area contributed by atoms with Gasteiger partial charge in [0.05, 0.1) is 6.54 Å². The standard InChI is InChI=1S/C11H12BrNO/c1-9(12)8-13(10(2)14)11-6-4-3-5-7-11/h3-7H,1,8H2,2H3. The second kappa shape index (κ2) is 4.96. The first-order valence-corrected chi connectivity index (χ1v) is 5.07. The lowest BCUT2D eigenvalue weighted by molar-refractivity contribution is -0.116. The number of carbonyl (C=O) groups is 1. The van der Waals surface area contributed by atoms with Gasteiger partial charge in [-0.15, -0.1) is 0 Å². The Morgan fingerprint density at radius 3 is 2.43 bits per heavy atom. The molecule has 0 heterocycles. The van der Waals surface area contributed by atoms with Crippen LogP contribution in [0.15, 0.2) is 41.4 Å². The first-order chi connectivity index (χ1) is 6.61. The maximum absolute atomic E-state index is 11.3. The maximum atomic E-state index is 11.3. The first-order valence-electron chi connectivity index (χ1n) is 4.27. The number of carbonyl (C=O) groups excluding carboxylic acids is 1. The van der Waals surface area contributed by atoms with Crippen molar-refractivity contribution in [2.75, 3.05) is 11.4 Å². The lowest BCUT2D eigenvalue weighted by atomic mass is 10.3.